The van der Waals surface area contributed by atoms with Gasteiger partial charge in [0.15, 0.2) is 5.83 Å². The van der Waals surface area contributed by atoms with E-state index in [2.05, 4.69) is 9.80 Å². The first-order chi connectivity index (χ1) is 12.2. The van der Waals surface area contributed by atoms with Crippen LogP contribution in [0.1, 0.15) is 44.9 Å². The van der Waals surface area contributed by atoms with Crippen molar-refractivity contribution in [1.82, 2.24) is 9.80 Å². The third kappa shape index (κ3) is 4.18. The highest BCUT2D eigenvalue weighted by Gasteiger charge is 2.36. The minimum absolute atomic E-state index is 0.179. The number of aliphatic hydroxyl groups is 1. The molecule has 1 heterocycles. The van der Waals surface area contributed by atoms with E-state index in [0.717, 1.165) is 51.1 Å². The Morgan fingerprint density at radius 3 is 2.28 bits per heavy atom. The molecule has 2 aliphatic carbocycles. The molecule has 0 aromatic heterocycles. The zero-order valence-corrected chi connectivity index (χ0v) is 15.6. The van der Waals surface area contributed by atoms with E-state index in [1.807, 2.05) is 0 Å². The lowest BCUT2D eigenvalue weighted by Gasteiger charge is -2.43. The Kier molecular flexibility index (Phi) is 6.72. The maximum absolute atomic E-state index is 14.9. The molecule has 0 spiro atoms. The standard InChI is InChI=1S/C19H33FN2O3/c1-24-16-9-8-15(17(20)18(16)25-2)21-10-12-22(13-11-21)19(23)14-6-4-3-5-7-14/h14,16,18-19,23H,3-13H2,1-2H3. The minimum Gasteiger partial charge on any atom is -0.378 e. The second-order valence-electron chi connectivity index (χ2n) is 7.60. The Morgan fingerprint density at radius 1 is 1.00 bits per heavy atom. The molecule has 144 valence electrons. The molecule has 6 heteroatoms. The van der Waals surface area contributed by atoms with Gasteiger partial charge in [-0.2, -0.15) is 0 Å². The van der Waals surface area contributed by atoms with Gasteiger partial charge in [0.05, 0.1) is 6.10 Å². The number of halogens is 1. The number of nitrogens with zero attached hydrogens (tertiary/aromatic N) is 2. The van der Waals surface area contributed by atoms with Gasteiger partial charge in [-0.1, -0.05) is 19.3 Å². The average molecular weight is 356 g/mol. The predicted octanol–water partition coefficient (Wildman–Crippen LogP) is 2.51. The summed E-state index contributed by atoms with van der Waals surface area (Å²) in [6, 6.07) is 0. The molecule has 0 radical (unpaired) electrons. The molecule has 0 amide bonds. The fourth-order valence-electron chi connectivity index (χ4n) is 4.67. The Labute approximate surface area is 150 Å². The Hall–Kier alpha value is -0.690. The SMILES string of the molecule is COC1CCC(N2CCN(C(O)C3CCCCC3)CC2)=C(F)C1OC. The van der Waals surface area contributed by atoms with Crippen LogP contribution >= 0.6 is 0 Å². The number of methoxy groups -OCH3 is 2. The van der Waals surface area contributed by atoms with Gasteiger partial charge < -0.3 is 19.5 Å². The first kappa shape index (κ1) is 19.1. The number of ether oxygens (including phenoxy) is 2. The van der Waals surface area contributed by atoms with Crippen molar-refractivity contribution in [1.29, 1.82) is 0 Å². The van der Waals surface area contributed by atoms with Gasteiger partial charge in [0.2, 0.25) is 0 Å². The van der Waals surface area contributed by atoms with Crippen LogP contribution in [0.15, 0.2) is 11.5 Å². The smallest absolute Gasteiger partial charge is 0.150 e. The molecule has 1 aliphatic heterocycles. The van der Waals surface area contributed by atoms with Crippen LogP contribution in [0.2, 0.25) is 0 Å². The summed E-state index contributed by atoms with van der Waals surface area (Å²) in [5.74, 6) is 0.230. The van der Waals surface area contributed by atoms with Gasteiger partial charge in [-0.3, -0.25) is 4.90 Å². The van der Waals surface area contributed by atoms with E-state index in [0.29, 0.717) is 12.3 Å². The highest BCUT2D eigenvalue weighted by molar-refractivity contribution is 5.18. The van der Waals surface area contributed by atoms with Gasteiger partial charge in [0.1, 0.15) is 12.3 Å². The topological polar surface area (TPSA) is 45.2 Å². The second kappa shape index (κ2) is 8.80. The van der Waals surface area contributed by atoms with Gasteiger partial charge in [0.25, 0.3) is 0 Å². The van der Waals surface area contributed by atoms with Crippen molar-refractivity contribution < 1.29 is 19.0 Å². The van der Waals surface area contributed by atoms with Gasteiger partial charge >= 0.3 is 0 Å². The summed E-state index contributed by atoms with van der Waals surface area (Å²) < 4.78 is 25.5. The zero-order valence-electron chi connectivity index (χ0n) is 15.6. The molecule has 3 unspecified atom stereocenters. The highest BCUT2D eigenvalue weighted by atomic mass is 19.1. The molecule has 5 nitrogen and oxygen atoms in total. The number of aliphatic hydroxyl groups excluding tert-OH is 1. The molecule has 2 fully saturated rings. The number of hydrogen-bond acceptors (Lipinski definition) is 5. The average Bonchev–Trinajstić information content (AvgIpc) is 2.68. The normalized spacial score (nSPS) is 31.4. The molecular weight excluding hydrogens is 323 g/mol. The summed E-state index contributed by atoms with van der Waals surface area (Å²) in [5.41, 5.74) is 0.770. The summed E-state index contributed by atoms with van der Waals surface area (Å²) in [6.45, 7) is 3.11. The maximum atomic E-state index is 14.9. The van der Waals surface area contributed by atoms with Crippen molar-refractivity contribution >= 4 is 0 Å². The molecule has 0 bridgehead atoms. The Balaban J connectivity index is 1.58. The van der Waals surface area contributed by atoms with Gasteiger partial charge in [-0.15, -0.1) is 0 Å². The van der Waals surface area contributed by atoms with E-state index < -0.39 is 6.10 Å². The largest absolute Gasteiger partial charge is 0.378 e. The monoisotopic (exact) mass is 356 g/mol. The number of hydrogen-bond donors (Lipinski definition) is 1. The van der Waals surface area contributed by atoms with Crippen LogP contribution in [0.4, 0.5) is 4.39 Å². The summed E-state index contributed by atoms with van der Waals surface area (Å²) in [7, 11) is 3.15. The van der Waals surface area contributed by atoms with Crippen molar-refractivity contribution in [2.75, 3.05) is 40.4 Å². The van der Waals surface area contributed by atoms with Crippen LogP contribution in [0.25, 0.3) is 0 Å². The molecule has 3 rings (SSSR count). The van der Waals surface area contributed by atoms with Gasteiger partial charge in [0, 0.05) is 46.1 Å². The number of rotatable bonds is 5. The predicted molar refractivity (Wildman–Crippen MR) is 94.7 cm³/mol. The van der Waals surface area contributed by atoms with Crippen LogP contribution in [-0.2, 0) is 9.47 Å². The molecule has 0 aromatic rings. The fourth-order valence-corrected chi connectivity index (χ4v) is 4.67. The first-order valence-corrected chi connectivity index (χ1v) is 9.77. The van der Waals surface area contributed by atoms with Crippen molar-refractivity contribution in [3.8, 4) is 0 Å². The van der Waals surface area contributed by atoms with Crippen LogP contribution in [-0.4, -0.2) is 73.7 Å². The lowest BCUT2D eigenvalue weighted by molar-refractivity contribution is -0.0701. The molecule has 25 heavy (non-hydrogen) atoms. The van der Waals surface area contributed by atoms with E-state index in [4.69, 9.17) is 9.47 Å². The third-order valence-corrected chi connectivity index (χ3v) is 6.23. The lowest BCUT2D eigenvalue weighted by atomic mass is 9.87. The summed E-state index contributed by atoms with van der Waals surface area (Å²) in [6.07, 6.45) is 6.37. The van der Waals surface area contributed by atoms with Crippen LogP contribution in [0, 0.1) is 5.92 Å². The quantitative estimate of drug-likeness (QED) is 0.820. The van der Waals surface area contributed by atoms with E-state index >= 15 is 0 Å². The Bertz CT molecular complexity index is 460. The van der Waals surface area contributed by atoms with Crippen molar-refractivity contribution in [3.63, 3.8) is 0 Å². The van der Waals surface area contributed by atoms with Gasteiger partial charge in [-0.05, 0) is 31.6 Å². The number of allylic oxidation sites excluding steroid dienone is 1. The fraction of sp³-hybridized carbons (Fsp3) is 0.895. The molecule has 3 aliphatic rings. The van der Waals surface area contributed by atoms with Crippen LogP contribution < -0.4 is 0 Å². The second-order valence-corrected chi connectivity index (χ2v) is 7.60. The minimum atomic E-state index is -0.598. The highest BCUT2D eigenvalue weighted by Crippen LogP contribution is 2.33. The molecule has 0 aromatic carbocycles. The van der Waals surface area contributed by atoms with Crippen molar-refractivity contribution in [2.24, 2.45) is 5.92 Å². The number of piperazine rings is 1. The molecule has 1 saturated carbocycles. The van der Waals surface area contributed by atoms with Gasteiger partial charge in [-0.25, -0.2) is 4.39 Å². The molecular formula is C19H33FN2O3. The summed E-state index contributed by atoms with van der Waals surface area (Å²) in [5, 5.41) is 10.7. The van der Waals surface area contributed by atoms with E-state index in [1.54, 1.807) is 7.11 Å². The molecule has 1 saturated heterocycles. The summed E-state index contributed by atoms with van der Waals surface area (Å²) >= 11 is 0. The van der Waals surface area contributed by atoms with E-state index in [1.165, 1.54) is 26.4 Å². The van der Waals surface area contributed by atoms with E-state index in [-0.39, 0.29) is 18.2 Å². The maximum Gasteiger partial charge on any atom is 0.150 e. The zero-order chi connectivity index (χ0) is 17.8. The molecule has 3 atom stereocenters. The third-order valence-electron chi connectivity index (χ3n) is 6.23. The van der Waals surface area contributed by atoms with Crippen LogP contribution in [0.5, 0.6) is 0 Å². The van der Waals surface area contributed by atoms with Crippen molar-refractivity contribution in [2.45, 2.75) is 63.4 Å². The Morgan fingerprint density at radius 2 is 1.68 bits per heavy atom. The molecule has 1 N–H and O–H groups in total. The lowest BCUT2D eigenvalue weighted by Crippen LogP contribution is -2.53. The van der Waals surface area contributed by atoms with Crippen LogP contribution in [0.3, 0.4) is 0 Å². The summed E-state index contributed by atoms with van der Waals surface area (Å²) in [4.78, 5) is 4.32. The first-order valence-electron chi connectivity index (χ1n) is 9.77. The van der Waals surface area contributed by atoms with E-state index in [9.17, 15) is 9.50 Å². The van der Waals surface area contributed by atoms with Crippen molar-refractivity contribution in [3.05, 3.63) is 11.5 Å².